The maximum atomic E-state index is 9.57. The van der Waals surface area contributed by atoms with E-state index < -0.39 is 0 Å². The van der Waals surface area contributed by atoms with Gasteiger partial charge in [-0.05, 0) is 36.0 Å². The average molecular weight is 480 g/mol. The smallest absolute Gasteiger partial charge is 0.229 e. The van der Waals surface area contributed by atoms with Crippen molar-refractivity contribution in [2.75, 3.05) is 24.9 Å². The van der Waals surface area contributed by atoms with Gasteiger partial charge in [0, 0.05) is 18.0 Å². The highest BCUT2D eigenvalue weighted by Gasteiger charge is 2.11. The number of hydrogen-bond acceptors (Lipinski definition) is 10. The monoisotopic (exact) mass is 479 g/mol. The third-order valence-corrected chi connectivity index (χ3v) is 5.02. The molecule has 0 aliphatic carbocycles. The van der Waals surface area contributed by atoms with Gasteiger partial charge in [-0.1, -0.05) is 6.07 Å². The van der Waals surface area contributed by atoms with E-state index in [1.165, 1.54) is 18.5 Å². The summed E-state index contributed by atoms with van der Waals surface area (Å²) < 4.78 is 10.7. The Kier molecular flexibility index (Phi) is 6.69. The first kappa shape index (κ1) is 22.7. The molecule has 0 spiro atoms. The van der Waals surface area contributed by atoms with Gasteiger partial charge >= 0.3 is 0 Å². The molecule has 0 radical (unpaired) electrons. The summed E-state index contributed by atoms with van der Waals surface area (Å²) in [6.45, 7) is 0.342. The van der Waals surface area contributed by atoms with Crippen molar-refractivity contribution in [1.29, 1.82) is 0 Å². The summed E-state index contributed by atoms with van der Waals surface area (Å²) in [5.74, 6) is 1.62. The molecule has 0 bridgehead atoms. The Labute approximate surface area is 199 Å². The van der Waals surface area contributed by atoms with Gasteiger partial charge in [0.2, 0.25) is 5.95 Å². The molecule has 174 valence electrons. The molecule has 12 heteroatoms. The molecule has 4 aromatic rings. The lowest BCUT2D eigenvalue weighted by atomic mass is 10.2. The van der Waals surface area contributed by atoms with Crippen molar-refractivity contribution in [2.24, 2.45) is 0 Å². The molecule has 4 rings (SSSR count). The summed E-state index contributed by atoms with van der Waals surface area (Å²) >= 11 is 5.26. The molecule has 0 amide bonds. The Balaban J connectivity index is 1.41. The number of benzene rings is 2. The summed E-state index contributed by atoms with van der Waals surface area (Å²) in [4.78, 5) is 17.1. The number of fused-ring (bicyclic) bond motifs is 1. The number of thiocarbonyl (C=S) groups is 1. The van der Waals surface area contributed by atoms with Crippen LogP contribution in [-0.2, 0) is 6.54 Å². The highest BCUT2D eigenvalue weighted by molar-refractivity contribution is 7.80. The van der Waals surface area contributed by atoms with Crippen LogP contribution in [0.2, 0.25) is 0 Å². The number of nitrogens with zero attached hydrogens (tertiary/aromatic N) is 4. The summed E-state index contributed by atoms with van der Waals surface area (Å²) in [7, 11) is 3.13. The Morgan fingerprint density at radius 1 is 0.941 bits per heavy atom. The second-order valence-corrected chi connectivity index (χ2v) is 7.41. The van der Waals surface area contributed by atoms with E-state index in [4.69, 9.17) is 21.7 Å². The van der Waals surface area contributed by atoms with Crippen molar-refractivity contribution in [3.05, 3.63) is 54.6 Å². The number of ether oxygens (including phenoxy) is 2. The number of aromatic nitrogens is 4. The first-order valence-electron chi connectivity index (χ1n) is 9.98. The van der Waals surface area contributed by atoms with Gasteiger partial charge < -0.3 is 35.6 Å². The lowest BCUT2D eigenvalue weighted by molar-refractivity contribution is 0.356. The quantitative estimate of drug-likeness (QED) is 0.196. The van der Waals surface area contributed by atoms with Gasteiger partial charge in [0.25, 0.3) is 0 Å². The molecule has 0 saturated carbocycles. The highest BCUT2D eigenvalue weighted by Crippen LogP contribution is 2.34. The molecule has 2 aromatic heterocycles. The second kappa shape index (κ2) is 10.0. The van der Waals surface area contributed by atoms with Crippen LogP contribution in [-0.4, -0.2) is 49.5 Å². The van der Waals surface area contributed by atoms with Gasteiger partial charge in [-0.25, -0.2) is 19.9 Å². The van der Waals surface area contributed by atoms with Crippen LogP contribution < -0.4 is 25.4 Å². The molecule has 5 N–H and O–H groups in total. The topological polar surface area (TPSA) is 147 Å². The Hall–Kier alpha value is -4.45. The van der Waals surface area contributed by atoms with Crippen molar-refractivity contribution < 1.29 is 19.7 Å². The lowest BCUT2D eigenvalue weighted by Gasteiger charge is -2.12. The van der Waals surface area contributed by atoms with Crippen LogP contribution in [0.4, 0.5) is 17.5 Å². The third-order valence-electron chi connectivity index (χ3n) is 4.77. The minimum absolute atomic E-state index is 0.180. The van der Waals surface area contributed by atoms with E-state index in [0.717, 1.165) is 10.9 Å². The largest absolute Gasteiger partial charge is 0.504 e. The fraction of sp³-hybridized carbons (Fsp3) is 0.136. The van der Waals surface area contributed by atoms with E-state index in [9.17, 15) is 10.2 Å². The number of phenols is 2. The van der Waals surface area contributed by atoms with Gasteiger partial charge in [-0.2, -0.15) is 0 Å². The first-order valence-corrected chi connectivity index (χ1v) is 10.4. The molecule has 0 unspecified atom stereocenters. The van der Waals surface area contributed by atoms with Gasteiger partial charge in [-0.3, -0.25) is 0 Å². The Morgan fingerprint density at radius 3 is 2.38 bits per heavy atom. The zero-order valence-electron chi connectivity index (χ0n) is 18.2. The van der Waals surface area contributed by atoms with E-state index in [1.807, 2.05) is 0 Å². The van der Waals surface area contributed by atoms with Crippen molar-refractivity contribution in [3.8, 4) is 23.0 Å². The standard InChI is InChI=1S/C22H21N7O4S/c1-32-18-6-14-15(7-19(18)33-2)26-11-27-20(14)28-13-9-23-21(24-10-13)29-22(34)25-8-12-3-4-16(30)17(31)5-12/h3-7,9-11,30-31H,8H2,1-2H3,(H,26,27,28)(H2,23,24,25,29,34). The zero-order valence-corrected chi connectivity index (χ0v) is 19.1. The normalized spacial score (nSPS) is 10.5. The summed E-state index contributed by atoms with van der Waals surface area (Å²) in [6, 6.07) is 8.10. The highest BCUT2D eigenvalue weighted by atomic mass is 32.1. The van der Waals surface area contributed by atoms with Gasteiger partial charge in [0.05, 0.1) is 37.8 Å². The number of nitrogens with one attached hydrogen (secondary N) is 3. The van der Waals surface area contributed by atoms with Crippen molar-refractivity contribution >= 4 is 45.7 Å². The molecule has 0 aliphatic heterocycles. The van der Waals surface area contributed by atoms with Crippen LogP contribution in [0.1, 0.15) is 5.56 Å². The predicted molar refractivity (Wildman–Crippen MR) is 131 cm³/mol. The lowest BCUT2D eigenvalue weighted by Crippen LogP contribution is -2.28. The fourth-order valence-corrected chi connectivity index (χ4v) is 3.25. The number of methoxy groups -OCH3 is 2. The van der Waals surface area contributed by atoms with E-state index >= 15 is 0 Å². The maximum Gasteiger partial charge on any atom is 0.229 e. The van der Waals surface area contributed by atoms with Crippen molar-refractivity contribution in [1.82, 2.24) is 25.3 Å². The molecule has 0 fully saturated rings. The first-order chi connectivity index (χ1) is 16.5. The van der Waals surface area contributed by atoms with Crippen LogP contribution >= 0.6 is 12.2 Å². The summed E-state index contributed by atoms with van der Waals surface area (Å²) in [6.07, 6.45) is 4.63. The summed E-state index contributed by atoms with van der Waals surface area (Å²) in [5.41, 5.74) is 2.04. The van der Waals surface area contributed by atoms with Crippen molar-refractivity contribution in [2.45, 2.75) is 6.54 Å². The Bertz CT molecular complexity index is 1340. The molecular weight excluding hydrogens is 458 g/mol. The molecule has 0 atom stereocenters. The van der Waals surface area contributed by atoms with E-state index in [2.05, 4.69) is 35.9 Å². The number of rotatable bonds is 7. The molecule has 2 heterocycles. The summed E-state index contributed by atoms with van der Waals surface area (Å²) in [5, 5.41) is 29.0. The van der Waals surface area contributed by atoms with Gasteiger partial charge in [0.15, 0.2) is 28.1 Å². The van der Waals surface area contributed by atoms with Gasteiger partial charge in [-0.15, -0.1) is 0 Å². The number of phenolic OH excluding ortho intramolecular Hbond substituents is 2. The van der Waals surface area contributed by atoms with E-state index in [0.29, 0.717) is 46.1 Å². The molecule has 34 heavy (non-hydrogen) atoms. The molecule has 0 aliphatic rings. The Morgan fingerprint density at radius 2 is 1.68 bits per heavy atom. The molecule has 11 nitrogen and oxygen atoms in total. The van der Waals surface area contributed by atoms with Gasteiger partial charge in [0.1, 0.15) is 12.1 Å². The fourth-order valence-electron chi connectivity index (χ4n) is 3.08. The van der Waals surface area contributed by atoms with Crippen LogP contribution in [0, 0.1) is 0 Å². The van der Waals surface area contributed by atoms with E-state index in [-0.39, 0.29) is 11.5 Å². The van der Waals surface area contributed by atoms with Crippen LogP contribution in [0.15, 0.2) is 49.1 Å². The van der Waals surface area contributed by atoms with Crippen molar-refractivity contribution in [3.63, 3.8) is 0 Å². The zero-order chi connectivity index (χ0) is 24.1. The minimum atomic E-state index is -0.196. The van der Waals surface area contributed by atoms with Crippen LogP contribution in [0.25, 0.3) is 10.9 Å². The van der Waals surface area contributed by atoms with E-state index in [1.54, 1.807) is 44.8 Å². The van der Waals surface area contributed by atoms with Crippen LogP contribution in [0.5, 0.6) is 23.0 Å². The average Bonchev–Trinajstić information content (AvgIpc) is 2.85. The SMILES string of the molecule is COc1cc2ncnc(Nc3cnc(NC(=S)NCc4ccc(O)c(O)c4)nc3)c2cc1OC. The second-order valence-electron chi connectivity index (χ2n) is 7.00. The predicted octanol–water partition coefficient (Wildman–Crippen LogP) is 3.08. The number of hydrogen-bond donors (Lipinski definition) is 5. The third kappa shape index (κ3) is 5.13. The molecule has 0 saturated heterocycles. The van der Waals surface area contributed by atoms with Crippen LogP contribution in [0.3, 0.4) is 0 Å². The molecular formula is C22H21N7O4S. The number of anilines is 3. The maximum absolute atomic E-state index is 9.57. The molecule has 2 aromatic carbocycles. The number of aromatic hydroxyl groups is 2. The minimum Gasteiger partial charge on any atom is -0.504 e.